The lowest BCUT2D eigenvalue weighted by molar-refractivity contribution is 0.0939. The summed E-state index contributed by atoms with van der Waals surface area (Å²) in [5, 5.41) is 0. The van der Waals surface area contributed by atoms with E-state index >= 15 is 0 Å². The van der Waals surface area contributed by atoms with Gasteiger partial charge in [-0.05, 0) is 17.5 Å². The third-order valence-corrected chi connectivity index (χ3v) is 4.41. The molecule has 4 heteroatoms. The fraction of sp³-hybridized carbons (Fsp3) is 0.316. The first-order valence-corrected chi connectivity index (χ1v) is 8.08. The van der Waals surface area contributed by atoms with Crippen LogP contribution in [0.2, 0.25) is 0 Å². The van der Waals surface area contributed by atoms with Crippen LogP contribution < -0.4 is 5.73 Å². The van der Waals surface area contributed by atoms with Gasteiger partial charge >= 0.3 is 6.03 Å². The van der Waals surface area contributed by atoms with Gasteiger partial charge in [-0.2, -0.15) is 0 Å². The van der Waals surface area contributed by atoms with Gasteiger partial charge in [-0.1, -0.05) is 60.7 Å². The van der Waals surface area contributed by atoms with Crippen LogP contribution in [0.1, 0.15) is 11.1 Å². The van der Waals surface area contributed by atoms with Crippen LogP contribution in [0.4, 0.5) is 4.79 Å². The Bertz CT molecular complexity index is 630. The number of piperazine rings is 1. The topological polar surface area (TPSA) is 49.6 Å². The molecule has 2 N–H and O–H groups in total. The SMILES string of the molecule is NC(=O)N1CCN(Cc2ccccc2)C[C@@H]1Cc1ccccc1. The van der Waals surface area contributed by atoms with Crippen molar-refractivity contribution in [3.8, 4) is 0 Å². The predicted molar refractivity (Wildman–Crippen MR) is 91.9 cm³/mol. The lowest BCUT2D eigenvalue weighted by atomic mass is 10.0. The predicted octanol–water partition coefficient (Wildman–Crippen LogP) is 2.49. The average molecular weight is 309 g/mol. The first kappa shape index (κ1) is 15.6. The molecular formula is C19H23N3O. The molecule has 120 valence electrons. The van der Waals surface area contributed by atoms with Crippen molar-refractivity contribution in [3.63, 3.8) is 0 Å². The minimum atomic E-state index is -0.315. The Morgan fingerprint density at radius 3 is 2.17 bits per heavy atom. The lowest BCUT2D eigenvalue weighted by Gasteiger charge is -2.40. The quantitative estimate of drug-likeness (QED) is 0.943. The minimum Gasteiger partial charge on any atom is -0.351 e. The highest BCUT2D eigenvalue weighted by molar-refractivity contribution is 5.72. The van der Waals surface area contributed by atoms with E-state index in [1.807, 2.05) is 29.2 Å². The van der Waals surface area contributed by atoms with Gasteiger partial charge in [0.25, 0.3) is 0 Å². The summed E-state index contributed by atoms with van der Waals surface area (Å²) < 4.78 is 0. The molecule has 4 nitrogen and oxygen atoms in total. The lowest BCUT2D eigenvalue weighted by Crippen LogP contribution is -2.57. The molecular weight excluding hydrogens is 286 g/mol. The summed E-state index contributed by atoms with van der Waals surface area (Å²) in [6, 6.07) is 20.6. The fourth-order valence-electron chi connectivity index (χ4n) is 3.26. The Morgan fingerprint density at radius 2 is 1.57 bits per heavy atom. The number of urea groups is 1. The molecule has 2 amide bonds. The van der Waals surface area contributed by atoms with Crippen molar-refractivity contribution in [3.05, 3.63) is 71.8 Å². The zero-order chi connectivity index (χ0) is 16.1. The molecule has 0 spiro atoms. The summed E-state index contributed by atoms with van der Waals surface area (Å²) in [6.07, 6.45) is 0.842. The Labute approximate surface area is 137 Å². The maximum Gasteiger partial charge on any atom is 0.315 e. The standard InChI is InChI=1S/C19H23N3O/c20-19(23)22-12-11-21(14-17-9-5-2-6-10-17)15-18(22)13-16-7-3-1-4-8-16/h1-10,18H,11-15H2,(H2,20,23)/t18-/m0/s1. The van der Waals surface area contributed by atoms with Crippen LogP contribution >= 0.6 is 0 Å². The minimum absolute atomic E-state index is 0.132. The summed E-state index contributed by atoms with van der Waals surface area (Å²) in [5.41, 5.74) is 8.12. The molecule has 1 saturated heterocycles. The first-order chi connectivity index (χ1) is 11.2. The second-order valence-corrected chi connectivity index (χ2v) is 6.10. The zero-order valence-corrected chi connectivity index (χ0v) is 13.3. The Kier molecular flexibility index (Phi) is 4.93. The molecule has 2 aromatic rings. The van der Waals surface area contributed by atoms with Gasteiger partial charge in [0.15, 0.2) is 0 Å². The molecule has 2 aromatic carbocycles. The molecule has 1 aliphatic rings. The highest BCUT2D eigenvalue weighted by Gasteiger charge is 2.29. The van der Waals surface area contributed by atoms with Gasteiger partial charge in [-0.25, -0.2) is 4.79 Å². The van der Waals surface area contributed by atoms with Gasteiger partial charge in [-0.3, -0.25) is 4.90 Å². The van der Waals surface area contributed by atoms with Gasteiger partial charge < -0.3 is 10.6 Å². The molecule has 0 radical (unpaired) electrons. The molecule has 1 aliphatic heterocycles. The summed E-state index contributed by atoms with van der Waals surface area (Å²) >= 11 is 0. The molecule has 1 atom stereocenters. The summed E-state index contributed by atoms with van der Waals surface area (Å²) in [4.78, 5) is 16.0. The van der Waals surface area contributed by atoms with Crippen molar-refractivity contribution in [2.45, 2.75) is 19.0 Å². The van der Waals surface area contributed by atoms with E-state index in [4.69, 9.17) is 5.73 Å². The van der Waals surface area contributed by atoms with Crippen molar-refractivity contribution in [1.29, 1.82) is 0 Å². The number of hydrogen-bond acceptors (Lipinski definition) is 2. The Morgan fingerprint density at radius 1 is 0.957 bits per heavy atom. The molecule has 23 heavy (non-hydrogen) atoms. The molecule has 0 saturated carbocycles. The molecule has 0 unspecified atom stereocenters. The second-order valence-electron chi connectivity index (χ2n) is 6.10. The first-order valence-electron chi connectivity index (χ1n) is 8.08. The van der Waals surface area contributed by atoms with Crippen molar-refractivity contribution in [2.75, 3.05) is 19.6 Å². The maximum absolute atomic E-state index is 11.7. The number of hydrogen-bond donors (Lipinski definition) is 1. The molecule has 3 rings (SSSR count). The summed E-state index contributed by atoms with van der Waals surface area (Å²) in [5.74, 6) is 0. The number of carbonyl (C=O) groups is 1. The van der Waals surface area contributed by atoms with E-state index in [0.717, 1.165) is 26.1 Å². The number of carbonyl (C=O) groups excluding carboxylic acids is 1. The third kappa shape index (κ3) is 4.11. The fourth-order valence-corrected chi connectivity index (χ4v) is 3.26. The van der Waals surface area contributed by atoms with Gasteiger partial charge in [0.05, 0.1) is 6.04 Å². The van der Waals surface area contributed by atoms with Gasteiger partial charge in [0, 0.05) is 26.2 Å². The number of rotatable bonds is 4. The zero-order valence-electron chi connectivity index (χ0n) is 13.3. The largest absolute Gasteiger partial charge is 0.351 e. The maximum atomic E-state index is 11.7. The van der Waals surface area contributed by atoms with Crippen LogP contribution in [0.3, 0.4) is 0 Å². The van der Waals surface area contributed by atoms with Crippen molar-refractivity contribution in [1.82, 2.24) is 9.80 Å². The van der Waals surface area contributed by atoms with Crippen LogP contribution in [0.25, 0.3) is 0 Å². The van der Waals surface area contributed by atoms with Crippen molar-refractivity contribution in [2.24, 2.45) is 5.73 Å². The monoisotopic (exact) mass is 309 g/mol. The van der Waals surface area contributed by atoms with Gasteiger partial charge in [-0.15, -0.1) is 0 Å². The van der Waals surface area contributed by atoms with Crippen molar-refractivity contribution >= 4 is 6.03 Å². The Hall–Kier alpha value is -2.33. The smallest absolute Gasteiger partial charge is 0.315 e. The van der Waals surface area contributed by atoms with E-state index in [1.165, 1.54) is 11.1 Å². The molecule has 1 fully saturated rings. The summed E-state index contributed by atoms with van der Waals surface area (Å²) in [7, 11) is 0. The average Bonchev–Trinajstić information content (AvgIpc) is 2.57. The number of nitrogens with two attached hydrogens (primary N) is 1. The Balaban J connectivity index is 1.69. The van der Waals surface area contributed by atoms with E-state index in [1.54, 1.807) is 0 Å². The number of benzene rings is 2. The molecule has 0 aromatic heterocycles. The van der Waals surface area contributed by atoms with Crippen LogP contribution in [0.15, 0.2) is 60.7 Å². The van der Waals surface area contributed by atoms with Gasteiger partial charge in [0.2, 0.25) is 0 Å². The van der Waals surface area contributed by atoms with Crippen LogP contribution in [0.5, 0.6) is 0 Å². The molecule has 1 heterocycles. The van der Waals surface area contributed by atoms with E-state index in [9.17, 15) is 4.79 Å². The highest BCUT2D eigenvalue weighted by atomic mass is 16.2. The summed E-state index contributed by atoms with van der Waals surface area (Å²) in [6.45, 7) is 3.33. The van der Waals surface area contributed by atoms with Gasteiger partial charge in [0.1, 0.15) is 0 Å². The van der Waals surface area contributed by atoms with Crippen molar-refractivity contribution < 1.29 is 4.79 Å². The number of primary amides is 1. The van der Waals surface area contributed by atoms with Crippen LogP contribution in [-0.2, 0) is 13.0 Å². The van der Waals surface area contributed by atoms with E-state index < -0.39 is 0 Å². The van der Waals surface area contributed by atoms with E-state index in [-0.39, 0.29) is 12.1 Å². The second kappa shape index (κ2) is 7.29. The molecule has 0 bridgehead atoms. The van der Waals surface area contributed by atoms with E-state index in [0.29, 0.717) is 6.54 Å². The molecule has 0 aliphatic carbocycles. The van der Waals surface area contributed by atoms with Crippen LogP contribution in [0, 0.1) is 0 Å². The highest BCUT2D eigenvalue weighted by Crippen LogP contribution is 2.17. The third-order valence-electron chi connectivity index (χ3n) is 4.41. The van der Waals surface area contributed by atoms with Crippen LogP contribution in [-0.4, -0.2) is 41.5 Å². The van der Waals surface area contributed by atoms with E-state index in [2.05, 4.69) is 41.3 Å². The normalized spacial score (nSPS) is 18.8. The number of nitrogens with zero attached hydrogens (tertiary/aromatic N) is 2. The number of amides is 2.